The standard InChI is InChI=1S/C26H20F3N5O/c1-2-21(20-6-3-4-13-30-20)33-15-12-17(16-23(33)35)24-25-22(7-5-14-31-25)34(32-24)19-10-8-18(9-11-19)26(27,28)29/h3-16,21H,2H2,1H3. The molecule has 5 rings (SSSR count). The van der Waals surface area contributed by atoms with Crippen LogP contribution in [0.15, 0.2) is 90.1 Å². The molecular formula is C26H20F3N5O. The van der Waals surface area contributed by atoms with Crippen molar-refractivity contribution >= 4 is 11.0 Å². The zero-order valence-electron chi connectivity index (χ0n) is 18.6. The molecular weight excluding hydrogens is 455 g/mol. The molecule has 1 aromatic carbocycles. The molecule has 6 nitrogen and oxygen atoms in total. The van der Waals surface area contributed by atoms with Crippen LogP contribution in [-0.4, -0.2) is 24.3 Å². The highest BCUT2D eigenvalue weighted by atomic mass is 19.4. The van der Waals surface area contributed by atoms with Crippen LogP contribution < -0.4 is 5.56 Å². The number of nitrogens with zero attached hydrogens (tertiary/aromatic N) is 5. The molecule has 0 spiro atoms. The van der Waals surface area contributed by atoms with Crippen molar-refractivity contribution < 1.29 is 13.2 Å². The maximum atomic E-state index is 13.1. The van der Waals surface area contributed by atoms with Crippen molar-refractivity contribution in [2.75, 3.05) is 0 Å². The van der Waals surface area contributed by atoms with Gasteiger partial charge in [-0.2, -0.15) is 18.3 Å². The second kappa shape index (κ2) is 8.83. The number of hydrogen-bond donors (Lipinski definition) is 0. The summed E-state index contributed by atoms with van der Waals surface area (Å²) < 4.78 is 42.1. The third kappa shape index (κ3) is 4.21. The lowest BCUT2D eigenvalue weighted by atomic mass is 10.1. The molecule has 1 atom stereocenters. The van der Waals surface area contributed by atoms with Gasteiger partial charge in [-0.1, -0.05) is 13.0 Å². The Morgan fingerprint density at radius 2 is 1.71 bits per heavy atom. The van der Waals surface area contributed by atoms with Crippen LogP contribution in [0, 0.1) is 0 Å². The molecule has 9 heteroatoms. The topological polar surface area (TPSA) is 65.6 Å². The number of fused-ring (bicyclic) bond motifs is 1. The number of aromatic nitrogens is 5. The van der Waals surface area contributed by atoms with Gasteiger partial charge in [0.05, 0.1) is 28.5 Å². The summed E-state index contributed by atoms with van der Waals surface area (Å²) in [6, 6.07) is 17.0. The Balaban J connectivity index is 1.58. The predicted octanol–water partition coefficient (Wildman–Crippen LogP) is 5.66. The number of rotatable bonds is 5. The Morgan fingerprint density at radius 1 is 0.943 bits per heavy atom. The fraction of sp³-hybridized carbons (Fsp3) is 0.154. The summed E-state index contributed by atoms with van der Waals surface area (Å²) in [5, 5.41) is 4.63. The van der Waals surface area contributed by atoms with Gasteiger partial charge in [-0.05, 0) is 61.0 Å². The molecule has 0 aliphatic rings. The molecule has 4 heterocycles. The molecule has 35 heavy (non-hydrogen) atoms. The predicted molar refractivity (Wildman–Crippen MR) is 126 cm³/mol. The van der Waals surface area contributed by atoms with Crippen molar-refractivity contribution in [3.63, 3.8) is 0 Å². The number of halogens is 3. The fourth-order valence-corrected chi connectivity index (χ4v) is 4.15. The van der Waals surface area contributed by atoms with Gasteiger partial charge in [0.15, 0.2) is 0 Å². The first-order valence-electron chi connectivity index (χ1n) is 11.0. The lowest BCUT2D eigenvalue weighted by Gasteiger charge is -2.17. The fourth-order valence-electron chi connectivity index (χ4n) is 4.15. The first kappa shape index (κ1) is 22.5. The number of pyridine rings is 3. The summed E-state index contributed by atoms with van der Waals surface area (Å²) in [7, 11) is 0. The van der Waals surface area contributed by atoms with Gasteiger partial charge in [-0.3, -0.25) is 14.8 Å². The first-order valence-corrected chi connectivity index (χ1v) is 11.0. The SMILES string of the molecule is CCC(c1ccccn1)n1ccc(-c2nn(-c3ccc(C(F)(F)F)cc3)c3cccnc23)cc1=O. The van der Waals surface area contributed by atoms with E-state index in [1.54, 1.807) is 41.4 Å². The Hall–Kier alpha value is -4.27. The van der Waals surface area contributed by atoms with Crippen molar-refractivity contribution in [1.82, 2.24) is 24.3 Å². The molecule has 176 valence electrons. The van der Waals surface area contributed by atoms with E-state index < -0.39 is 11.7 Å². The van der Waals surface area contributed by atoms with E-state index in [1.165, 1.54) is 22.9 Å². The van der Waals surface area contributed by atoms with Gasteiger partial charge in [0, 0.05) is 30.2 Å². The Morgan fingerprint density at radius 3 is 2.37 bits per heavy atom. The van der Waals surface area contributed by atoms with Gasteiger partial charge in [-0.15, -0.1) is 0 Å². The van der Waals surface area contributed by atoms with Crippen LogP contribution >= 0.6 is 0 Å². The summed E-state index contributed by atoms with van der Waals surface area (Å²) >= 11 is 0. The Labute approximate surface area is 198 Å². The lowest BCUT2D eigenvalue weighted by molar-refractivity contribution is -0.137. The van der Waals surface area contributed by atoms with Crippen molar-refractivity contribution in [3.05, 3.63) is 107 Å². The Bertz CT molecular complexity index is 1540. The molecule has 0 amide bonds. The molecule has 0 radical (unpaired) electrons. The first-order chi connectivity index (χ1) is 16.9. The van der Waals surface area contributed by atoms with Crippen LogP contribution in [-0.2, 0) is 6.18 Å². The summed E-state index contributed by atoms with van der Waals surface area (Å²) in [6.07, 6.45) is 1.28. The number of alkyl halides is 3. The van der Waals surface area contributed by atoms with Gasteiger partial charge in [-0.25, -0.2) is 4.68 Å². The van der Waals surface area contributed by atoms with Gasteiger partial charge < -0.3 is 4.57 Å². The zero-order valence-corrected chi connectivity index (χ0v) is 18.6. The quantitative estimate of drug-likeness (QED) is 0.329. The van der Waals surface area contributed by atoms with Crippen LogP contribution in [0.25, 0.3) is 28.0 Å². The Kier molecular flexibility index (Phi) is 5.68. The summed E-state index contributed by atoms with van der Waals surface area (Å²) in [5.41, 5.74) is 2.49. The van der Waals surface area contributed by atoms with E-state index in [9.17, 15) is 18.0 Å². The van der Waals surface area contributed by atoms with Crippen LogP contribution in [0.1, 0.15) is 30.6 Å². The highest BCUT2D eigenvalue weighted by Crippen LogP contribution is 2.32. The van der Waals surface area contributed by atoms with Gasteiger partial charge in [0.2, 0.25) is 0 Å². The van der Waals surface area contributed by atoms with E-state index in [4.69, 9.17) is 0 Å². The lowest BCUT2D eigenvalue weighted by Crippen LogP contribution is -2.24. The molecule has 0 fully saturated rings. The van der Waals surface area contributed by atoms with E-state index in [0.29, 0.717) is 34.4 Å². The van der Waals surface area contributed by atoms with Crippen LogP contribution in [0.3, 0.4) is 0 Å². The molecule has 4 aromatic heterocycles. The number of benzene rings is 1. The second-order valence-corrected chi connectivity index (χ2v) is 8.02. The van der Waals surface area contributed by atoms with Crippen LogP contribution in [0.4, 0.5) is 13.2 Å². The minimum atomic E-state index is -4.42. The van der Waals surface area contributed by atoms with Crippen molar-refractivity contribution in [1.29, 1.82) is 0 Å². The van der Waals surface area contributed by atoms with Crippen molar-refractivity contribution in [2.24, 2.45) is 0 Å². The second-order valence-electron chi connectivity index (χ2n) is 8.02. The third-order valence-electron chi connectivity index (χ3n) is 5.85. The van der Waals surface area contributed by atoms with Crippen molar-refractivity contribution in [2.45, 2.75) is 25.6 Å². The molecule has 0 saturated carbocycles. The average Bonchev–Trinajstić information content (AvgIpc) is 3.25. The highest BCUT2D eigenvalue weighted by molar-refractivity contribution is 5.90. The van der Waals surface area contributed by atoms with E-state index in [0.717, 1.165) is 17.8 Å². The largest absolute Gasteiger partial charge is 0.416 e. The minimum Gasteiger partial charge on any atom is -0.306 e. The van der Waals surface area contributed by atoms with E-state index >= 15 is 0 Å². The smallest absolute Gasteiger partial charge is 0.306 e. The number of hydrogen-bond acceptors (Lipinski definition) is 4. The van der Waals surface area contributed by atoms with Gasteiger partial charge >= 0.3 is 6.18 Å². The van der Waals surface area contributed by atoms with Crippen molar-refractivity contribution in [3.8, 4) is 16.9 Å². The van der Waals surface area contributed by atoms with Crippen LogP contribution in [0.5, 0.6) is 0 Å². The molecule has 0 aliphatic heterocycles. The molecule has 5 aromatic rings. The van der Waals surface area contributed by atoms with Gasteiger partial charge in [0.1, 0.15) is 11.2 Å². The summed E-state index contributed by atoms with van der Waals surface area (Å²) in [6.45, 7) is 1.99. The maximum absolute atomic E-state index is 13.1. The average molecular weight is 475 g/mol. The zero-order chi connectivity index (χ0) is 24.6. The van der Waals surface area contributed by atoms with E-state index in [1.807, 2.05) is 25.1 Å². The molecule has 0 N–H and O–H groups in total. The monoisotopic (exact) mass is 475 g/mol. The summed E-state index contributed by atoms with van der Waals surface area (Å²) in [5.74, 6) is 0. The molecule has 0 bridgehead atoms. The highest BCUT2D eigenvalue weighted by Gasteiger charge is 2.30. The van der Waals surface area contributed by atoms with E-state index in [-0.39, 0.29) is 11.6 Å². The van der Waals surface area contributed by atoms with Crippen LogP contribution in [0.2, 0.25) is 0 Å². The minimum absolute atomic E-state index is 0.211. The maximum Gasteiger partial charge on any atom is 0.416 e. The summed E-state index contributed by atoms with van der Waals surface area (Å²) in [4.78, 5) is 21.9. The molecule has 0 aliphatic carbocycles. The third-order valence-corrected chi connectivity index (χ3v) is 5.85. The molecule has 1 unspecified atom stereocenters. The van der Waals surface area contributed by atoms with E-state index in [2.05, 4.69) is 15.1 Å². The normalized spacial score (nSPS) is 12.7. The molecule has 0 saturated heterocycles. The van der Waals surface area contributed by atoms with Gasteiger partial charge in [0.25, 0.3) is 5.56 Å².